The minimum absolute atomic E-state index is 0.0406. The van der Waals surface area contributed by atoms with Gasteiger partial charge < -0.3 is 4.42 Å². The summed E-state index contributed by atoms with van der Waals surface area (Å²) in [6.07, 6.45) is 2.33. The van der Waals surface area contributed by atoms with E-state index < -0.39 is 7.21 Å². The summed E-state index contributed by atoms with van der Waals surface area (Å²) in [5.41, 5.74) is 2.10. The summed E-state index contributed by atoms with van der Waals surface area (Å²) < 4.78 is 14.6. The van der Waals surface area contributed by atoms with Crippen LogP contribution in [-0.4, -0.2) is 22.9 Å². The number of hydrogen-bond donors (Lipinski definition) is 0. The maximum atomic E-state index is 6.36. The zero-order valence-electron chi connectivity index (χ0n) is 19.8. The van der Waals surface area contributed by atoms with Crippen molar-refractivity contribution >= 4 is 18.4 Å². The molecule has 1 aromatic heterocycles. The van der Waals surface area contributed by atoms with Crippen molar-refractivity contribution in [2.45, 2.75) is 73.4 Å². The normalized spacial score (nSPS) is 14.6. The molecule has 0 saturated carbocycles. The average molecular weight is 417 g/mol. The molecule has 0 amide bonds. The molecule has 0 saturated heterocycles. The van der Waals surface area contributed by atoms with E-state index in [0.29, 0.717) is 11.8 Å². The van der Waals surface area contributed by atoms with Gasteiger partial charge in [0.2, 0.25) is 0 Å². The predicted molar refractivity (Wildman–Crippen MR) is 129 cm³/mol. The van der Waals surface area contributed by atoms with E-state index >= 15 is 0 Å². The molecule has 1 heterocycles. The van der Waals surface area contributed by atoms with Gasteiger partial charge in [0.05, 0.1) is 5.69 Å². The Kier molecular flexibility index (Phi) is 8.37. The van der Waals surface area contributed by atoms with Gasteiger partial charge in [-0.25, -0.2) is 4.74 Å². The number of furan rings is 1. The molecule has 0 aliphatic heterocycles. The van der Waals surface area contributed by atoms with Crippen molar-refractivity contribution in [3.8, 4) is 0 Å². The van der Waals surface area contributed by atoms with Gasteiger partial charge >= 0.3 is 0 Å². The zero-order valence-corrected chi connectivity index (χ0v) is 20.7. The molecule has 29 heavy (non-hydrogen) atoms. The molecule has 2 aromatic rings. The Labute approximate surface area is 179 Å². The standard InChI is InChI=1S/C25H41N2OP/c1-20(2)16-18-27(19-17-21(3)4)29(25(6,7)8,24-15-14-22(5)28-24)26-23-12-10-9-11-13-23/h9-15,20-21H,16-19H2,1-8H3. The Morgan fingerprint density at radius 3 is 1.86 bits per heavy atom. The molecule has 1 unspecified atom stereocenters. The number of rotatable bonds is 9. The molecule has 0 aliphatic carbocycles. The predicted octanol–water partition coefficient (Wildman–Crippen LogP) is 7.85. The molecular weight excluding hydrogens is 375 g/mol. The van der Waals surface area contributed by atoms with E-state index in [1.54, 1.807) is 0 Å². The van der Waals surface area contributed by atoms with E-state index in [0.717, 1.165) is 30.0 Å². The molecule has 2 rings (SSSR count). The molecule has 0 radical (unpaired) electrons. The minimum atomic E-state index is -2.16. The third-order valence-corrected chi connectivity index (χ3v) is 9.79. The van der Waals surface area contributed by atoms with Crippen LogP contribution in [0.5, 0.6) is 0 Å². The lowest BCUT2D eigenvalue weighted by atomic mass is 10.1. The van der Waals surface area contributed by atoms with Crippen molar-refractivity contribution in [3.05, 3.63) is 48.2 Å². The van der Waals surface area contributed by atoms with E-state index in [2.05, 4.69) is 95.6 Å². The van der Waals surface area contributed by atoms with E-state index in [4.69, 9.17) is 9.16 Å². The first-order valence-electron chi connectivity index (χ1n) is 11.1. The highest BCUT2D eigenvalue weighted by Crippen LogP contribution is 2.64. The molecule has 4 heteroatoms. The largest absolute Gasteiger partial charge is 0.459 e. The van der Waals surface area contributed by atoms with Crippen LogP contribution in [0.2, 0.25) is 0 Å². The highest BCUT2D eigenvalue weighted by atomic mass is 31.2. The molecule has 1 aromatic carbocycles. The molecule has 0 aliphatic rings. The van der Waals surface area contributed by atoms with Crippen LogP contribution in [0.3, 0.4) is 0 Å². The van der Waals surface area contributed by atoms with Gasteiger partial charge in [0, 0.05) is 18.2 Å². The molecule has 0 bridgehead atoms. The number of nitrogens with zero attached hydrogens (tertiary/aromatic N) is 2. The van der Waals surface area contributed by atoms with Gasteiger partial charge in [0.1, 0.15) is 13.0 Å². The molecule has 0 fully saturated rings. The lowest BCUT2D eigenvalue weighted by Crippen LogP contribution is -2.38. The summed E-state index contributed by atoms with van der Waals surface area (Å²) in [4.78, 5) is 0. The molecule has 3 nitrogen and oxygen atoms in total. The van der Waals surface area contributed by atoms with E-state index in [-0.39, 0.29) is 5.16 Å². The second-order valence-electron chi connectivity index (χ2n) is 9.91. The van der Waals surface area contributed by atoms with Crippen LogP contribution in [0, 0.1) is 18.8 Å². The van der Waals surface area contributed by atoms with Crippen LogP contribution in [0.25, 0.3) is 0 Å². The Hall–Kier alpha value is -1.31. The molecule has 162 valence electrons. The number of benzene rings is 1. The van der Waals surface area contributed by atoms with E-state index in [1.165, 1.54) is 12.8 Å². The van der Waals surface area contributed by atoms with Crippen molar-refractivity contribution in [2.75, 3.05) is 13.1 Å². The number of hydrogen-bond acceptors (Lipinski definition) is 2. The Morgan fingerprint density at radius 2 is 1.45 bits per heavy atom. The van der Waals surface area contributed by atoms with Gasteiger partial charge in [0.25, 0.3) is 0 Å². The average Bonchev–Trinajstić information content (AvgIpc) is 3.06. The van der Waals surface area contributed by atoms with Crippen molar-refractivity contribution in [1.29, 1.82) is 0 Å². The second-order valence-corrected chi connectivity index (χ2v) is 13.7. The molecule has 0 spiro atoms. The second kappa shape index (κ2) is 10.1. The summed E-state index contributed by atoms with van der Waals surface area (Å²) in [6, 6.07) is 14.7. The van der Waals surface area contributed by atoms with Crippen LogP contribution in [0.1, 0.15) is 67.1 Å². The van der Waals surface area contributed by atoms with E-state index in [1.807, 2.05) is 6.92 Å². The number of aryl methyl sites for hydroxylation is 1. The van der Waals surface area contributed by atoms with Gasteiger partial charge in [0.15, 0.2) is 5.50 Å². The lowest BCUT2D eigenvalue weighted by molar-refractivity contribution is 0.368. The first kappa shape index (κ1) is 24.0. The Morgan fingerprint density at radius 1 is 0.897 bits per heavy atom. The Balaban J connectivity index is 2.74. The van der Waals surface area contributed by atoms with Crippen molar-refractivity contribution in [1.82, 2.24) is 4.67 Å². The van der Waals surface area contributed by atoms with Gasteiger partial charge in [-0.3, -0.25) is 4.67 Å². The SMILES string of the molecule is Cc1ccc(P(=Nc2ccccc2)(N(CCC(C)C)CCC(C)C)C(C)(C)C)o1. The summed E-state index contributed by atoms with van der Waals surface area (Å²) in [5.74, 6) is 2.28. The monoisotopic (exact) mass is 416 g/mol. The summed E-state index contributed by atoms with van der Waals surface area (Å²) >= 11 is 0. The van der Waals surface area contributed by atoms with Crippen LogP contribution < -0.4 is 5.50 Å². The maximum absolute atomic E-state index is 6.36. The summed E-state index contributed by atoms with van der Waals surface area (Å²) in [7, 11) is -2.16. The van der Waals surface area contributed by atoms with Crippen molar-refractivity contribution in [2.24, 2.45) is 16.6 Å². The molecule has 0 N–H and O–H groups in total. The fourth-order valence-electron chi connectivity index (χ4n) is 3.62. The zero-order chi connectivity index (χ0) is 21.7. The van der Waals surface area contributed by atoms with Crippen LogP contribution in [0.15, 0.2) is 51.6 Å². The third kappa shape index (κ3) is 6.09. The highest BCUT2D eigenvalue weighted by Gasteiger charge is 2.43. The highest BCUT2D eigenvalue weighted by molar-refractivity contribution is 7.72. The van der Waals surface area contributed by atoms with Crippen LogP contribution >= 0.6 is 7.21 Å². The third-order valence-electron chi connectivity index (χ3n) is 5.32. The van der Waals surface area contributed by atoms with Crippen LogP contribution in [0.4, 0.5) is 5.69 Å². The smallest absolute Gasteiger partial charge is 0.157 e. The van der Waals surface area contributed by atoms with Crippen molar-refractivity contribution < 1.29 is 4.42 Å². The molecular formula is C25H41N2OP. The minimum Gasteiger partial charge on any atom is -0.459 e. The topological polar surface area (TPSA) is 28.7 Å². The van der Waals surface area contributed by atoms with E-state index in [9.17, 15) is 0 Å². The maximum Gasteiger partial charge on any atom is 0.157 e. The Bertz CT molecular complexity index is 788. The van der Waals surface area contributed by atoms with Crippen LogP contribution in [-0.2, 0) is 0 Å². The first-order chi connectivity index (χ1) is 13.6. The van der Waals surface area contributed by atoms with Gasteiger partial charge in [-0.1, -0.05) is 66.7 Å². The molecule has 1 atom stereocenters. The van der Waals surface area contributed by atoms with Gasteiger partial charge in [-0.15, -0.1) is 0 Å². The first-order valence-corrected chi connectivity index (χ1v) is 12.8. The fraction of sp³-hybridized carbons (Fsp3) is 0.600. The lowest BCUT2D eigenvalue weighted by Gasteiger charge is -2.44. The van der Waals surface area contributed by atoms with Gasteiger partial charge in [-0.2, -0.15) is 0 Å². The van der Waals surface area contributed by atoms with Crippen molar-refractivity contribution in [3.63, 3.8) is 0 Å². The quantitative estimate of drug-likeness (QED) is 0.389. The van der Waals surface area contributed by atoms with Gasteiger partial charge in [-0.05, 0) is 55.9 Å². The fourth-order valence-corrected chi connectivity index (χ4v) is 7.77. The summed E-state index contributed by atoms with van der Waals surface area (Å²) in [6.45, 7) is 20.4. The summed E-state index contributed by atoms with van der Waals surface area (Å²) in [5, 5.41) is -0.0406.